The van der Waals surface area contributed by atoms with Crippen LogP contribution in [0.15, 0.2) is 42.5 Å². The molecule has 1 heterocycles. The van der Waals surface area contributed by atoms with Gasteiger partial charge in [-0.25, -0.2) is 0 Å². The topological polar surface area (TPSA) is 71.9 Å². The molecular formula is C29H33BrN2O5. The van der Waals surface area contributed by atoms with Crippen molar-refractivity contribution in [1.29, 1.82) is 0 Å². The van der Waals surface area contributed by atoms with E-state index in [9.17, 15) is 0 Å². The molecule has 0 atom stereocenters. The van der Waals surface area contributed by atoms with Crippen molar-refractivity contribution in [3.05, 3.63) is 65.0 Å². The summed E-state index contributed by atoms with van der Waals surface area (Å²) < 4.78 is 27.4. The summed E-state index contributed by atoms with van der Waals surface area (Å²) >= 11 is 3.46. The molecule has 196 valence electrons. The number of benzene rings is 2. The molecule has 0 N–H and O–H groups in total. The Morgan fingerprint density at radius 3 is 1.59 bits per heavy atom. The SMILES string of the molecule is COc1ccc(/C=C/c2cc(/C=C/c3ccc(OC)c(OC)c3)nc(OCCCCCBr)n2)cc1OC. The van der Waals surface area contributed by atoms with E-state index in [-0.39, 0.29) is 0 Å². The molecule has 0 spiro atoms. The Bertz CT molecular complexity index is 1130. The van der Waals surface area contributed by atoms with E-state index in [1.54, 1.807) is 28.4 Å². The standard InChI is InChI=1S/C29H33BrN2O5/c1-33-25-14-10-21(18-27(25)35-3)8-12-23-20-24(32-29(31-23)37-17-7-5-6-16-30)13-9-22-11-15-26(34-2)28(19-22)36-4/h8-15,18-20H,5-7,16-17H2,1-4H3/b12-8+,13-9+. The lowest BCUT2D eigenvalue weighted by atomic mass is 10.1. The van der Waals surface area contributed by atoms with Crippen LogP contribution in [0.25, 0.3) is 24.3 Å². The van der Waals surface area contributed by atoms with E-state index in [4.69, 9.17) is 23.7 Å². The van der Waals surface area contributed by atoms with E-state index in [1.165, 1.54) is 0 Å². The van der Waals surface area contributed by atoms with Gasteiger partial charge >= 0.3 is 6.01 Å². The number of hydrogen-bond donors (Lipinski definition) is 0. The van der Waals surface area contributed by atoms with E-state index in [0.29, 0.717) is 35.6 Å². The first-order chi connectivity index (χ1) is 18.1. The summed E-state index contributed by atoms with van der Waals surface area (Å²) in [5, 5.41) is 0.991. The van der Waals surface area contributed by atoms with E-state index in [1.807, 2.05) is 66.8 Å². The van der Waals surface area contributed by atoms with E-state index in [0.717, 1.165) is 47.1 Å². The lowest BCUT2D eigenvalue weighted by Gasteiger charge is -2.08. The van der Waals surface area contributed by atoms with Gasteiger partial charge in [0.25, 0.3) is 0 Å². The molecule has 0 amide bonds. The number of ether oxygens (including phenoxy) is 5. The summed E-state index contributed by atoms with van der Waals surface area (Å²) in [6, 6.07) is 13.7. The van der Waals surface area contributed by atoms with Crippen LogP contribution in [0.2, 0.25) is 0 Å². The summed E-state index contributed by atoms with van der Waals surface area (Å²) in [5.41, 5.74) is 3.37. The molecule has 0 fully saturated rings. The minimum Gasteiger partial charge on any atom is -0.493 e. The third-order valence-corrected chi connectivity index (χ3v) is 6.02. The number of nitrogens with zero attached hydrogens (tertiary/aromatic N) is 2. The fraction of sp³-hybridized carbons (Fsp3) is 0.310. The maximum atomic E-state index is 5.89. The van der Waals surface area contributed by atoms with Gasteiger partial charge in [0, 0.05) is 5.33 Å². The second-order valence-electron chi connectivity index (χ2n) is 7.99. The Morgan fingerprint density at radius 1 is 0.622 bits per heavy atom. The number of aromatic nitrogens is 2. The Kier molecular flexibility index (Phi) is 11.3. The van der Waals surface area contributed by atoms with Crippen LogP contribution in [-0.2, 0) is 0 Å². The van der Waals surface area contributed by atoms with Crippen LogP contribution in [0.5, 0.6) is 29.0 Å². The van der Waals surface area contributed by atoms with Crippen LogP contribution in [0.4, 0.5) is 0 Å². The summed E-state index contributed by atoms with van der Waals surface area (Å²) in [7, 11) is 6.47. The Hall–Kier alpha value is -3.52. The molecule has 37 heavy (non-hydrogen) atoms. The molecule has 1 aromatic heterocycles. The van der Waals surface area contributed by atoms with Crippen LogP contribution in [0.1, 0.15) is 41.8 Å². The largest absolute Gasteiger partial charge is 0.493 e. The number of hydrogen-bond acceptors (Lipinski definition) is 7. The maximum absolute atomic E-state index is 5.89. The normalized spacial score (nSPS) is 11.2. The molecule has 0 radical (unpaired) electrons. The van der Waals surface area contributed by atoms with Crippen molar-refractivity contribution in [1.82, 2.24) is 9.97 Å². The average Bonchev–Trinajstić information content (AvgIpc) is 2.94. The van der Waals surface area contributed by atoms with Crippen molar-refractivity contribution in [2.75, 3.05) is 40.4 Å². The highest BCUT2D eigenvalue weighted by Crippen LogP contribution is 2.29. The predicted molar refractivity (Wildman–Crippen MR) is 152 cm³/mol. The monoisotopic (exact) mass is 568 g/mol. The van der Waals surface area contributed by atoms with Crippen molar-refractivity contribution < 1.29 is 23.7 Å². The van der Waals surface area contributed by atoms with Crippen LogP contribution < -0.4 is 23.7 Å². The lowest BCUT2D eigenvalue weighted by Crippen LogP contribution is -2.03. The van der Waals surface area contributed by atoms with Gasteiger partial charge in [-0.3, -0.25) is 0 Å². The number of halogens is 1. The third-order valence-electron chi connectivity index (χ3n) is 5.46. The second-order valence-corrected chi connectivity index (χ2v) is 8.79. The highest BCUT2D eigenvalue weighted by molar-refractivity contribution is 9.09. The molecule has 3 rings (SSSR count). The van der Waals surface area contributed by atoms with Gasteiger partial charge < -0.3 is 23.7 Å². The quantitative estimate of drug-likeness (QED) is 0.156. The van der Waals surface area contributed by atoms with Gasteiger partial charge in [-0.05, 0) is 72.9 Å². The maximum Gasteiger partial charge on any atom is 0.317 e. The zero-order valence-corrected chi connectivity index (χ0v) is 23.3. The fourth-order valence-electron chi connectivity index (χ4n) is 3.51. The van der Waals surface area contributed by atoms with Crippen LogP contribution in [0, 0.1) is 0 Å². The van der Waals surface area contributed by atoms with Gasteiger partial charge in [-0.1, -0.05) is 40.2 Å². The molecule has 2 aromatic carbocycles. The Morgan fingerprint density at radius 2 is 1.14 bits per heavy atom. The molecule has 0 unspecified atom stereocenters. The van der Waals surface area contributed by atoms with E-state index >= 15 is 0 Å². The molecule has 7 nitrogen and oxygen atoms in total. The minimum absolute atomic E-state index is 0.347. The van der Waals surface area contributed by atoms with Crippen LogP contribution in [0.3, 0.4) is 0 Å². The molecule has 3 aromatic rings. The first kappa shape index (κ1) is 28.1. The summed E-state index contributed by atoms with van der Waals surface area (Å²) in [5.74, 6) is 2.69. The molecule has 0 aliphatic rings. The summed E-state index contributed by atoms with van der Waals surface area (Å²) in [6.07, 6.45) is 10.9. The minimum atomic E-state index is 0.347. The molecular weight excluding hydrogens is 536 g/mol. The predicted octanol–water partition coefficient (Wildman–Crippen LogP) is 6.80. The number of methoxy groups -OCH3 is 4. The molecule has 0 aliphatic carbocycles. The van der Waals surface area contributed by atoms with Gasteiger partial charge in [0.2, 0.25) is 0 Å². The lowest BCUT2D eigenvalue weighted by molar-refractivity contribution is 0.282. The van der Waals surface area contributed by atoms with Crippen LogP contribution >= 0.6 is 15.9 Å². The third kappa shape index (κ3) is 8.53. The summed E-state index contributed by atoms with van der Waals surface area (Å²) in [4.78, 5) is 9.18. The van der Waals surface area contributed by atoms with Crippen molar-refractivity contribution in [3.8, 4) is 29.0 Å². The van der Waals surface area contributed by atoms with Gasteiger partial charge in [-0.15, -0.1) is 0 Å². The molecule has 0 saturated heterocycles. The first-order valence-corrected chi connectivity index (χ1v) is 13.1. The molecule has 0 aliphatic heterocycles. The molecule has 0 bridgehead atoms. The van der Waals surface area contributed by atoms with E-state index in [2.05, 4.69) is 25.9 Å². The van der Waals surface area contributed by atoms with Gasteiger partial charge in [0.15, 0.2) is 23.0 Å². The Balaban J connectivity index is 1.86. The number of unbranched alkanes of at least 4 members (excludes halogenated alkanes) is 2. The smallest absolute Gasteiger partial charge is 0.317 e. The average molecular weight is 569 g/mol. The summed E-state index contributed by atoms with van der Waals surface area (Å²) in [6.45, 7) is 0.564. The van der Waals surface area contributed by atoms with Gasteiger partial charge in [-0.2, -0.15) is 9.97 Å². The number of rotatable bonds is 14. The zero-order valence-electron chi connectivity index (χ0n) is 21.7. The van der Waals surface area contributed by atoms with Crippen molar-refractivity contribution in [3.63, 3.8) is 0 Å². The van der Waals surface area contributed by atoms with E-state index < -0.39 is 0 Å². The highest BCUT2D eigenvalue weighted by Gasteiger charge is 2.06. The van der Waals surface area contributed by atoms with Gasteiger partial charge in [0.05, 0.1) is 46.4 Å². The fourth-order valence-corrected chi connectivity index (χ4v) is 3.91. The first-order valence-electron chi connectivity index (χ1n) is 12.0. The van der Waals surface area contributed by atoms with Crippen molar-refractivity contribution in [2.24, 2.45) is 0 Å². The van der Waals surface area contributed by atoms with Gasteiger partial charge in [0.1, 0.15) is 0 Å². The molecule has 8 heteroatoms. The second kappa shape index (κ2) is 14.9. The van der Waals surface area contributed by atoms with Crippen molar-refractivity contribution in [2.45, 2.75) is 19.3 Å². The highest BCUT2D eigenvalue weighted by atomic mass is 79.9. The zero-order chi connectivity index (χ0) is 26.5. The van der Waals surface area contributed by atoms with Crippen molar-refractivity contribution >= 4 is 40.2 Å². The molecule has 0 saturated carbocycles. The Labute approximate surface area is 227 Å². The van der Waals surface area contributed by atoms with Crippen LogP contribution in [-0.4, -0.2) is 50.3 Å². The number of alkyl halides is 1.